The summed E-state index contributed by atoms with van der Waals surface area (Å²) in [5.74, 6) is 1.15. The second-order valence-corrected chi connectivity index (χ2v) is 4.31. The fraction of sp³-hybridized carbons (Fsp3) is 0.417. The first-order chi connectivity index (χ1) is 9.35. The molecule has 0 unspecified atom stereocenters. The molecule has 5 nitrogen and oxygen atoms in total. The largest absolute Gasteiger partial charge is 0.408 e. The molecule has 0 radical (unpaired) electrons. The van der Waals surface area contributed by atoms with Gasteiger partial charge >= 0.3 is 6.18 Å². The highest BCUT2D eigenvalue weighted by Gasteiger charge is 2.28. The Kier molecular flexibility index (Phi) is 3.91. The van der Waals surface area contributed by atoms with Crippen LogP contribution in [0.4, 0.5) is 24.7 Å². The summed E-state index contributed by atoms with van der Waals surface area (Å²) in [5, 5.41) is 6.58. The summed E-state index contributed by atoms with van der Waals surface area (Å²) >= 11 is 0. The highest BCUT2D eigenvalue weighted by Crippen LogP contribution is 2.19. The number of aromatic nitrogens is 4. The molecule has 0 atom stereocenters. The lowest BCUT2D eigenvalue weighted by atomic mass is 10.3. The van der Waals surface area contributed by atoms with Crippen LogP contribution in [-0.4, -0.2) is 25.9 Å². The summed E-state index contributed by atoms with van der Waals surface area (Å²) in [6, 6.07) is 1.76. The molecule has 0 amide bonds. The molecule has 20 heavy (non-hydrogen) atoms. The third kappa shape index (κ3) is 3.94. The van der Waals surface area contributed by atoms with Gasteiger partial charge in [0.25, 0.3) is 0 Å². The zero-order chi connectivity index (χ0) is 14.8. The average molecular weight is 285 g/mol. The van der Waals surface area contributed by atoms with E-state index in [9.17, 15) is 13.2 Å². The quantitative estimate of drug-likeness (QED) is 0.938. The fourth-order valence-electron chi connectivity index (χ4n) is 1.72. The number of rotatable bonds is 4. The molecule has 0 bridgehead atoms. The van der Waals surface area contributed by atoms with E-state index >= 15 is 0 Å². The van der Waals surface area contributed by atoms with E-state index in [2.05, 4.69) is 20.4 Å². The summed E-state index contributed by atoms with van der Waals surface area (Å²) in [6.45, 7) is 2.61. The van der Waals surface area contributed by atoms with Crippen LogP contribution in [0, 0.1) is 6.92 Å². The van der Waals surface area contributed by atoms with Gasteiger partial charge in [-0.15, -0.1) is 0 Å². The Labute approximate surface area is 113 Å². The second kappa shape index (κ2) is 5.48. The standard InChI is InChI=1S/C12H14F3N5/c1-3-9-4-11(18-8(2)17-9)19-10-5-16-20(6-10)7-12(13,14)15/h4-6H,3,7H2,1-2H3,(H,17,18,19). The molecular weight excluding hydrogens is 271 g/mol. The zero-order valence-electron chi connectivity index (χ0n) is 11.1. The number of alkyl halides is 3. The lowest BCUT2D eigenvalue weighted by Gasteiger charge is -2.06. The molecular formula is C12H14F3N5. The van der Waals surface area contributed by atoms with Crippen molar-refractivity contribution in [2.75, 3.05) is 5.32 Å². The monoisotopic (exact) mass is 285 g/mol. The molecule has 0 aliphatic heterocycles. The van der Waals surface area contributed by atoms with Gasteiger partial charge in [0, 0.05) is 18.0 Å². The minimum atomic E-state index is -4.29. The van der Waals surface area contributed by atoms with Crippen molar-refractivity contribution < 1.29 is 13.2 Å². The molecule has 2 aromatic heterocycles. The Hall–Kier alpha value is -2.12. The summed E-state index contributed by atoms with van der Waals surface area (Å²) < 4.78 is 37.5. The third-order valence-electron chi connectivity index (χ3n) is 2.50. The maximum atomic E-state index is 12.2. The van der Waals surface area contributed by atoms with Crippen LogP contribution in [0.15, 0.2) is 18.5 Å². The fourth-order valence-corrected chi connectivity index (χ4v) is 1.72. The van der Waals surface area contributed by atoms with E-state index in [-0.39, 0.29) is 0 Å². The summed E-state index contributed by atoms with van der Waals surface area (Å²) in [6.07, 6.45) is -0.916. The van der Waals surface area contributed by atoms with Crippen molar-refractivity contribution in [3.05, 3.63) is 30.0 Å². The number of anilines is 2. The first-order valence-electron chi connectivity index (χ1n) is 6.06. The van der Waals surface area contributed by atoms with Crippen molar-refractivity contribution in [2.24, 2.45) is 0 Å². The SMILES string of the molecule is CCc1cc(Nc2cnn(CC(F)(F)F)c2)nc(C)n1. The zero-order valence-corrected chi connectivity index (χ0v) is 11.1. The molecule has 2 rings (SSSR count). The molecule has 0 saturated heterocycles. The van der Waals surface area contributed by atoms with Gasteiger partial charge in [0.1, 0.15) is 18.2 Å². The van der Waals surface area contributed by atoms with E-state index < -0.39 is 12.7 Å². The van der Waals surface area contributed by atoms with E-state index in [1.807, 2.05) is 6.92 Å². The predicted octanol–water partition coefficient (Wildman–Crippen LogP) is 2.85. The Morgan fingerprint density at radius 2 is 2.05 bits per heavy atom. The van der Waals surface area contributed by atoms with E-state index in [1.54, 1.807) is 13.0 Å². The van der Waals surface area contributed by atoms with E-state index in [1.165, 1.54) is 12.4 Å². The molecule has 0 fully saturated rings. The Bertz CT molecular complexity index is 591. The Morgan fingerprint density at radius 1 is 1.30 bits per heavy atom. The molecule has 8 heteroatoms. The van der Waals surface area contributed by atoms with Gasteiger partial charge in [-0.25, -0.2) is 9.97 Å². The minimum absolute atomic E-state index is 0.453. The van der Waals surface area contributed by atoms with Gasteiger partial charge in [0.15, 0.2) is 0 Å². The lowest BCUT2D eigenvalue weighted by Crippen LogP contribution is -2.17. The van der Waals surface area contributed by atoms with Crippen LogP contribution in [0.3, 0.4) is 0 Å². The van der Waals surface area contributed by atoms with Gasteiger partial charge in [0.05, 0.1) is 11.9 Å². The summed E-state index contributed by atoms with van der Waals surface area (Å²) in [7, 11) is 0. The molecule has 0 spiro atoms. The number of halogens is 3. The van der Waals surface area contributed by atoms with Crippen LogP contribution >= 0.6 is 0 Å². The summed E-state index contributed by atoms with van der Waals surface area (Å²) in [5.41, 5.74) is 1.32. The van der Waals surface area contributed by atoms with Crippen LogP contribution in [0.2, 0.25) is 0 Å². The van der Waals surface area contributed by atoms with Crippen LogP contribution in [-0.2, 0) is 13.0 Å². The molecule has 2 aromatic rings. The van der Waals surface area contributed by atoms with Crippen molar-refractivity contribution >= 4 is 11.5 Å². The van der Waals surface area contributed by atoms with E-state index in [0.717, 1.165) is 16.8 Å². The molecule has 0 aromatic carbocycles. The number of nitrogens with one attached hydrogen (secondary N) is 1. The summed E-state index contributed by atoms with van der Waals surface area (Å²) in [4.78, 5) is 8.41. The molecule has 0 aliphatic carbocycles. The van der Waals surface area contributed by atoms with Gasteiger partial charge in [-0.05, 0) is 13.3 Å². The average Bonchev–Trinajstić information content (AvgIpc) is 2.73. The first-order valence-corrected chi connectivity index (χ1v) is 6.06. The lowest BCUT2D eigenvalue weighted by molar-refractivity contribution is -0.142. The first kappa shape index (κ1) is 14.3. The molecule has 2 heterocycles. The Balaban J connectivity index is 2.12. The van der Waals surface area contributed by atoms with E-state index in [4.69, 9.17) is 0 Å². The van der Waals surface area contributed by atoms with Crippen LogP contribution in [0.1, 0.15) is 18.4 Å². The van der Waals surface area contributed by atoms with Crippen molar-refractivity contribution in [1.82, 2.24) is 19.7 Å². The smallest absolute Gasteiger partial charge is 0.338 e. The maximum absolute atomic E-state index is 12.2. The van der Waals surface area contributed by atoms with Crippen molar-refractivity contribution in [1.29, 1.82) is 0 Å². The number of aryl methyl sites for hydroxylation is 2. The second-order valence-electron chi connectivity index (χ2n) is 4.31. The Morgan fingerprint density at radius 3 is 2.70 bits per heavy atom. The van der Waals surface area contributed by atoms with E-state index in [0.29, 0.717) is 17.3 Å². The van der Waals surface area contributed by atoms with Crippen molar-refractivity contribution in [3.8, 4) is 0 Å². The molecule has 0 saturated carbocycles. The van der Waals surface area contributed by atoms with Gasteiger partial charge in [0.2, 0.25) is 0 Å². The van der Waals surface area contributed by atoms with Crippen LogP contribution < -0.4 is 5.32 Å². The normalized spacial score (nSPS) is 11.7. The van der Waals surface area contributed by atoms with Crippen LogP contribution in [0.5, 0.6) is 0 Å². The third-order valence-corrected chi connectivity index (χ3v) is 2.50. The number of hydrogen-bond acceptors (Lipinski definition) is 4. The van der Waals surface area contributed by atoms with Crippen LogP contribution in [0.25, 0.3) is 0 Å². The van der Waals surface area contributed by atoms with Crippen molar-refractivity contribution in [2.45, 2.75) is 33.0 Å². The van der Waals surface area contributed by atoms with Crippen molar-refractivity contribution in [3.63, 3.8) is 0 Å². The minimum Gasteiger partial charge on any atom is -0.338 e. The predicted molar refractivity (Wildman–Crippen MR) is 67.7 cm³/mol. The number of nitrogens with zero attached hydrogens (tertiary/aromatic N) is 4. The van der Waals surface area contributed by atoms with Gasteiger partial charge in [-0.2, -0.15) is 18.3 Å². The maximum Gasteiger partial charge on any atom is 0.408 e. The molecule has 1 N–H and O–H groups in total. The number of hydrogen-bond donors (Lipinski definition) is 1. The highest BCUT2D eigenvalue weighted by atomic mass is 19.4. The highest BCUT2D eigenvalue weighted by molar-refractivity contribution is 5.54. The topological polar surface area (TPSA) is 55.6 Å². The van der Waals surface area contributed by atoms with Gasteiger partial charge in [-0.1, -0.05) is 6.92 Å². The molecule has 108 valence electrons. The van der Waals surface area contributed by atoms with Gasteiger partial charge < -0.3 is 5.32 Å². The molecule has 0 aliphatic rings. The van der Waals surface area contributed by atoms with Gasteiger partial charge in [-0.3, -0.25) is 4.68 Å².